The maximum Gasteiger partial charge on any atom is 0.305 e. The predicted molar refractivity (Wildman–Crippen MR) is 170 cm³/mol. The largest absolute Gasteiger partial charge is 0.497 e. The fourth-order valence-electron chi connectivity index (χ4n) is 4.87. The van der Waals surface area contributed by atoms with E-state index in [-0.39, 0.29) is 24.9 Å². The molecule has 4 aromatic carbocycles. The number of ether oxygens (including phenoxy) is 2. The van der Waals surface area contributed by atoms with Gasteiger partial charge in [-0.3, -0.25) is 14.6 Å². The predicted octanol–water partition coefficient (Wildman–Crippen LogP) is 6.75. The van der Waals surface area contributed by atoms with Crippen molar-refractivity contribution in [2.75, 3.05) is 20.3 Å². The average molecular weight is 582 g/mol. The number of amides is 1. The Morgan fingerprint density at radius 2 is 1.70 bits per heavy atom. The minimum Gasteiger partial charge on any atom is -0.497 e. The first-order valence-corrected chi connectivity index (χ1v) is 14.4. The first-order valence-electron chi connectivity index (χ1n) is 14.4. The molecular weight excluding hydrogens is 542 g/mol. The number of nitrogens with one attached hydrogen (secondary N) is 1. The average Bonchev–Trinajstić information content (AvgIpc) is 3.00. The highest BCUT2D eigenvalue weighted by molar-refractivity contribution is 6.01. The Balaban J connectivity index is 1.66. The highest BCUT2D eigenvalue weighted by atomic mass is 16.5. The van der Waals surface area contributed by atoms with Crippen molar-refractivity contribution in [3.63, 3.8) is 0 Å². The van der Waals surface area contributed by atoms with Crippen molar-refractivity contribution in [2.24, 2.45) is 5.10 Å². The molecule has 0 heterocycles. The molecule has 1 amide bonds. The molecule has 8 nitrogen and oxygen atoms in total. The zero-order chi connectivity index (χ0) is 30.9. The molecule has 0 aromatic heterocycles. The number of aryl methyl sites for hydroxylation is 1. The summed E-state index contributed by atoms with van der Waals surface area (Å²) in [7, 11) is 1.67. The van der Waals surface area contributed by atoms with Crippen LogP contribution in [0.15, 0.2) is 84.0 Å². The molecule has 2 N–H and O–H groups in total. The topological polar surface area (TPSA) is 100 Å². The van der Waals surface area contributed by atoms with Crippen molar-refractivity contribution in [3.05, 3.63) is 107 Å². The number of hydrazone groups is 1. The van der Waals surface area contributed by atoms with E-state index in [1.165, 1.54) is 0 Å². The second-order valence-electron chi connectivity index (χ2n) is 10.5. The fraction of sp³-hybridized carbons (Fsp3) is 0.286. The van der Waals surface area contributed by atoms with E-state index >= 15 is 0 Å². The molecule has 0 saturated heterocycles. The summed E-state index contributed by atoms with van der Waals surface area (Å²) in [5, 5.41) is 20.9. The third kappa shape index (κ3) is 8.13. The van der Waals surface area contributed by atoms with E-state index in [4.69, 9.17) is 19.7 Å². The number of carboxylic acids is 1. The van der Waals surface area contributed by atoms with Gasteiger partial charge in [0.05, 0.1) is 38.4 Å². The zero-order valence-corrected chi connectivity index (χ0v) is 25.4. The summed E-state index contributed by atoms with van der Waals surface area (Å²) in [6.45, 7) is 9.29. The minimum absolute atomic E-state index is 0.0787. The molecule has 0 bridgehead atoms. The van der Waals surface area contributed by atoms with Crippen LogP contribution in [-0.2, 0) is 11.3 Å². The number of methoxy groups -OCH3 is 1. The van der Waals surface area contributed by atoms with Gasteiger partial charge >= 0.3 is 5.97 Å². The van der Waals surface area contributed by atoms with Crippen molar-refractivity contribution in [1.82, 2.24) is 10.3 Å². The maximum atomic E-state index is 12.5. The molecule has 0 saturated carbocycles. The molecule has 0 aliphatic rings. The van der Waals surface area contributed by atoms with Gasteiger partial charge in [-0.2, -0.15) is 5.10 Å². The molecule has 0 radical (unpaired) electrons. The Labute approximate surface area is 252 Å². The van der Waals surface area contributed by atoms with Crippen molar-refractivity contribution >= 4 is 28.4 Å². The number of carboxylic acid groups (broad SMARTS) is 1. The number of benzene rings is 4. The van der Waals surface area contributed by atoms with Gasteiger partial charge in [-0.15, -0.1) is 0 Å². The Bertz CT molecular complexity index is 1610. The van der Waals surface area contributed by atoms with E-state index in [1.807, 2.05) is 50.2 Å². The standard InChI is InChI=1S/C35H39N3O5/c1-6-43-33-16-7-23(2)19-32(33)24(3)37-38(22-26-8-9-30-21-31(42-5)15-14-29(30)20-26)25(4)27-10-12-28(13-11-27)35(41)36-18-17-34(39)40/h7-16,19-21,25H,6,17-18,22H2,1-5H3,(H,36,41)(H,39,40)/b37-24+. The van der Waals surface area contributed by atoms with E-state index in [0.717, 1.165) is 50.2 Å². The summed E-state index contributed by atoms with van der Waals surface area (Å²) >= 11 is 0. The number of carbonyl (C=O) groups is 2. The smallest absolute Gasteiger partial charge is 0.305 e. The van der Waals surface area contributed by atoms with E-state index in [2.05, 4.69) is 54.5 Å². The number of rotatable bonds is 13. The summed E-state index contributed by atoms with van der Waals surface area (Å²) in [6, 6.07) is 25.7. The van der Waals surface area contributed by atoms with Gasteiger partial charge in [0.1, 0.15) is 11.5 Å². The van der Waals surface area contributed by atoms with Gasteiger partial charge in [0, 0.05) is 17.7 Å². The Hall–Kier alpha value is -4.85. The Morgan fingerprint density at radius 3 is 2.40 bits per heavy atom. The van der Waals surface area contributed by atoms with Gasteiger partial charge in [0.15, 0.2) is 0 Å². The lowest BCUT2D eigenvalue weighted by Gasteiger charge is -2.28. The summed E-state index contributed by atoms with van der Waals surface area (Å²) in [5.74, 6) is 0.352. The molecule has 1 unspecified atom stereocenters. The number of hydrogen-bond donors (Lipinski definition) is 2. The van der Waals surface area contributed by atoms with Gasteiger partial charge in [-0.05, 0) is 92.1 Å². The molecule has 0 aliphatic carbocycles. The lowest BCUT2D eigenvalue weighted by Crippen LogP contribution is -2.26. The maximum absolute atomic E-state index is 12.5. The monoisotopic (exact) mass is 581 g/mol. The second kappa shape index (κ2) is 14.4. The first-order chi connectivity index (χ1) is 20.7. The van der Waals surface area contributed by atoms with E-state index in [9.17, 15) is 9.59 Å². The highest BCUT2D eigenvalue weighted by Crippen LogP contribution is 2.28. The fourth-order valence-corrected chi connectivity index (χ4v) is 4.87. The van der Waals surface area contributed by atoms with Crippen molar-refractivity contribution in [3.8, 4) is 11.5 Å². The van der Waals surface area contributed by atoms with Crippen molar-refractivity contribution in [2.45, 2.75) is 46.7 Å². The van der Waals surface area contributed by atoms with Crippen LogP contribution in [0, 0.1) is 6.92 Å². The number of fused-ring (bicyclic) bond motifs is 1. The van der Waals surface area contributed by atoms with Crippen LogP contribution in [0.4, 0.5) is 0 Å². The lowest BCUT2D eigenvalue weighted by atomic mass is 10.0. The van der Waals surface area contributed by atoms with Crippen LogP contribution < -0.4 is 14.8 Å². The van der Waals surface area contributed by atoms with E-state index < -0.39 is 5.97 Å². The Kier molecular flexibility index (Phi) is 10.4. The molecule has 224 valence electrons. The summed E-state index contributed by atoms with van der Waals surface area (Å²) in [4.78, 5) is 23.3. The minimum atomic E-state index is -0.953. The number of hydrogen-bond acceptors (Lipinski definition) is 6. The van der Waals surface area contributed by atoms with E-state index in [1.54, 1.807) is 19.2 Å². The molecule has 43 heavy (non-hydrogen) atoms. The molecule has 0 aliphatic heterocycles. The zero-order valence-electron chi connectivity index (χ0n) is 25.4. The van der Waals surface area contributed by atoms with Gasteiger partial charge < -0.3 is 19.9 Å². The molecule has 4 aromatic rings. The van der Waals surface area contributed by atoms with Gasteiger partial charge in [0.25, 0.3) is 5.91 Å². The quantitative estimate of drug-likeness (QED) is 0.134. The summed E-state index contributed by atoms with van der Waals surface area (Å²) < 4.78 is 11.3. The van der Waals surface area contributed by atoms with Crippen molar-refractivity contribution in [1.29, 1.82) is 0 Å². The van der Waals surface area contributed by atoms with Gasteiger partial charge in [-0.1, -0.05) is 42.0 Å². The first kappa shape index (κ1) is 31.1. The summed E-state index contributed by atoms with van der Waals surface area (Å²) in [6.07, 6.45) is -0.124. The van der Waals surface area contributed by atoms with Crippen LogP contribution in [0.3, 0.4) is 0 Å². The Morgan fingerprint density at radius 1 is 0.977 bits per heavy atom. The van der Waals surface area contributed by atoms with E-state index in [0.29, 0.717) is 18.7 Å². The summed E-state index contributed by atoms with van der Waals surface area (Å²) in [5.41, 5.74) is 5.45. The number of carbonyl (C=O) groups excluding carboxylic acids is 1. The van der Waals surface area contributed by atoms with Crippen LogP contribution >= 0.6 is 0 Å². The second-order valence-corrected chi connectivity index (χ2v) is 10.5. The van der Waals surface area contributed by atoms with Gasteiger partial charge in [-0.25, -0.2) is 0 Å². The van der Waals surface area contributed by atoms with Crippen LogP contribution in [0.25, 0.3) is 10.8 Å². The SMILES string of the molecule is CCOc1ccc(C)cc1/C(C)=N/N(Cc1ccc2cc(OC)ccc2c1)C(C)c1ccc(C(=O)NCCC(=O)O)cc1. The van der Waals surface area contributed by atoms with Gasteiger partial charge in [0.2, 0.25) is 0 Å². The van der Waals surface area contributed by atoms with Crippen molar-refractivity contribution < 1.29 is 24.2 Å². The lowest BCUT2D eigenvalue weighted by molar-refractivity contribution is -0.136. The number of aliphatic carboxylic acids is 1. The normalized spacial score (nSPS) is 12.1. The molecule has 0 spiro atoms. The van der Waals surface area contributed by atoms with Crippen LogP contribution in [0.5, 0.6) is 11.5 Å². The van der Waals surface area contributed by atoms with Crippen LogP contribution in [-0.4, -0.2) is 48.0 Å². The van der Waals surface area contributed by atoms with Crippen LogP contribution in [0.1, 0.15) is 65.8 Å². The third-order valence-electron chi connectivity index (χ3n) is 7.29. The molecule has 4 rings (SSSR count). The third-order valence-corrected chi connectivity index (χ3v) is 7.29. The molecular formula is C35H39N3O5. The van der Waals surface area contributed by atoms with Crippen LogP contribution in [0.2, 0.25) is 0 Å². The molecule has 8 heteroatoms. The number of nitrogens with zero attached hydrogens (tertiary/aromatic N) is 2. The molecule has 1 atom stereocenters. The molecule has 0 fully saturated rings. The highest BCUT2D eigenvalue weighted by Gasteiger charge is 2.18.